The van der Waals surface area contributed by atoms with Gasteiger partial charge in [-0.1, -0.05) is 50.6 Å². The number of benzene rings is 2. The van der Waals surface area contributed by atoms with Crippen molar-refractivity contribution in [3.63, 3.8) is 0 Å². The molecule has 2 saturated heterocycles. The van der Waals surface area contributed by atoms with Gasteiger partial charge in [-0.2, -0.15) is 5.26 Å². The summed E-state index contributed by atoms with van der Waals surface area (Å²) in [5.41, 5.74) is -0.346. The van der Waals surface area contributed by atoms with Gasteiger partial charge in [0.25, 0.3) is 5.91 Å². The molecular weight excluding hydrogens is 598 g/mol. The van der Waals surface area contributed by atoms with Gasteiger partial charge < -0.3 is 15.1 Å². The summed E-state index contributed by atoms with van der Waals surface area (Å²) >= 11 is 7.42. The van der Waals surface area contributed by atoms with Crippen LogP contribution in [0.3, 0.4) is 0 Å². The third-order valence-corrected chi connectivity index (χ3v) is 10.6. The number of amides is 3. The van der Waals surface area contributed by atoms with E-state index in [1.54, 1.807) is 9.80 Å². The first-order chi connectivity index (χ1) is 19.8. The number of halogens is 1. The molecule has 42 heavy (non-hydrogen) atoms. The molecule has 2 aromatic carbocycles. The van der Waals surface area contributed by atoms with E-state index in [-0.39, 0.29) is 45.9 Å². The zero-order valence-corrected chi connectivity index (χ0v) is 25.6. The molecule has 2 N–H and O–H groups in total. The summed E-state index contributed by atoms with van der Waals surface area (Å²) in [7, 11) is -4.09. The Labute approximate surface area is 253 Å². The van der Waals surface area contributed by atoms with E-state index in [4.69, 9.17) is 16.9 Å². The first-order valence-electron chi connectivity index (χ1n) is 13.4. The van der Waals surface area contributed by atoms with Gasteiger partial charge in [0.2, 0.25) is 21.8 Å². The first-order valence-corrected chi connectivity index (χ1v) is 16.0. The van der Waals surface area contributed by atoms with Gasteiger partial charge in [-0.25, -0.2) is 13.1 Å². The molecule has 0 radical (unpaired) electrons. The van der Waals surface area contributed by atoms with Crippen LogP contribution < -0.4 is 10.0 Å². The summed E-state index contributed by atoms with van der Waals surface area (Å²) in [6.45, 7) is 5.81. The van der Waals surface area contributed by atoms with Crippen molar-refractivity contribution >= 4 is 60.8 Å². The number of hydrogen-bond acceptors (Lipinski definition) is 7. The van der Waals surface area contributed by atoms with Gasteiger partial charge in [0.15, 0.2) is 0 Å². The number of hydrogen-bond donors (Lipinski definition) is 2. The predicted octanol–water partition coefficient (Wildman–Crippen LogP) is 3.36. The van der Waals surface area contributed by atoms with Crippen molar-refractivity contribution in [1.82, 2.24) is 19.8 Å². The summed E-state index contributed by atoms with van der Waals surface area (Å²) < 4.78 is 28.8. The fraction of sp³-hybridized carbons (Fsp3) is 0.379. The smallest absolute Gasteiger partial charge is 0.262 e. The Balaban J connectivity index is 1.22. The molecule has 5 rings (SSSR count). The lowest BCUT2D eigenvalue weighted by Gasteiger charge is -2.39. The average molecular weight is 628 g/mol. The molecule has 3 heterocycles. The summed E-state index contributed by atoms with van der Waals surface area (Å²) in [5, 5.41) is 12.8. The molecule has 3 amide bonds. The molecule has 3 aromatic rings. The summed E-state index contributed by atoms with van der Waals surface area (Å²) in [5.74, 6) is -0.915. The number of rotatable bonds is 7. The van der Waals surface area contributed by atoms with Gasteiger partial charge in [-0.15, -0.1) is 11.3 Å². The first kappa shape index (κ1) is 30.0. The van der Waals surface area contributed by atoms with Gasteiger partial charge in [0.1, 0.15) is 10.9 Å². The number of sulfonamides is 1. The number of nitrogens with one attached hydrogen (secondary N) is 2. The minimum atomic E-state index is -4.09. The minimum absolute atomic E-state index is 0.115. The molecule has 0 aliphatic carbocycles. The molecule has 3 atom stereocenters. The molecule has 2 bridgehead atoms. The van der Waals surface area contributed by atoms with Crippen LogP contribution in [0.1, 0.15) is 42.4 Å². The molecule has 10 nitrogen and oxygen atoms in total. The number of thiophene rings is 1. The quantitative estimate of drug-likeness (QED) is 0.412. The zero-order chi connectivity index (χ0) is 30.4. The fourth-order valence-electron chi connectivity index (χ4n) is 5.48. The number of piperazine rings is 1. The second-order valence-corrected chi connectivity index (χ2v) is 14.8. The highest BCUT2D eigenvalue weighted by Gasteiger charge is 2.49. The monoisotopic (exact) mass is 627 g/mol. The Kier molecular flexibility index (Phi) is 8.06. The Morgan fingerprint density at radius 2 is 1.79 bits per heavy atom. The van der Waals surface area contributed by atoms with E-state index in [1.807, 2.05) is 57.2 Å². The number of carbonyl (C=O) groups is 3. The van der Waals surface area contributed by atoms with Crippen LogP contribution in [-0.2, 0) is 19.6 Å². The van der Waals surface area contributed by atoms with Crippen molar-refractivity contribution in [2.24, 2.45) is 5.41 Å². The Bertz CT molecular complexity index is 1690. The normalized spacial score (nSPS) is 19.1. The van der Waals surface area contributed by atoms with E-state index < -0.39 is 33.9 Å². The number of nitriles is 1. The lowest BCUT2D eigenvalue weighted by molar-refractivity contribution is -0.142. The van der Waals surface area contributed by atoms with Crippen LogP contribution in [0, 0.1) is 16.7 Å². The molecule has 0 saturated carbocycles. The Hall–Kier alpha value is -3.50. The lowest BCUT2D eigenvalue weighted by atomic mass is 9.85. The summed E-state index contributed by atoms with van der Waals surface area (Å²) in [6, 6.07) is 14.0. The van der Waals surface area contributed by atoms with Crippen LogP contribution >= 0.6 is 22.9 Å². The van der Waals surface area contributed by atoms with E-state index in [0.717, 1.165) is 10.1 Å². The molecule has 220 valence electrons. The molecular formula is C29H30ClN5O5S2. The van der Waals surface area contributed by atoms with E-state index in [2.05, 4.69) is 10.0 Å². The number of likely N-dealkylation sites (tertiary alicyclic amines) is 2. The van der Waals surface area contributed by atoms with Crippen molar-refractivity contribution in [3.05, 3.63) is 64.0 Å². The maximum Gasteiger partial charge on any atom is 0.262 e. The highest BCUT2D eigenvalue weighted by Crippen LogP contribution is 2.34. The number of nitrogens with zero attached hydrogens (tertiary/aromatic N) is 3. The zero-order valence-electron chi connectivity index (χ0n) is 23.3. The molecule has 13 heteroatoms. The third-order valence-electron chi connectivity index (χ3n) is 7.65. The van der Waals surface area contributed by atoms with Gasteiger partial charge in [0, 0.05) is 17.8 Å². The van der Waals surface area contributed by atoms with E-state index in [1.165, 1.54) is 29.5 Å². The van der Waals surface area contributed by atoms with Crippen LogP contribution in [0.15, 0.2) is 53.4 Å². The maximum atomic E-state index is 13.8. The standard InChI is InChI=1S/C29H30ClN5O5S2/c1-29(2,3)26(33-27(37)23-11-18-6-4-5-7-22(18)41-23)28(38)35-16-19-12-20(35)15-34(19)25(36)14-32-42(39,40)24-9-8-17(13-31)10-21(24)30/h4-11,19-20,26,32H,12,14-16H2,1-3H3,(H,33,37)/t19-,20-,26?/m0/s1. The van der Waals surface area contributed by atoms with Crippen LogP contribution in [0.4, 0.5) is 0 Å². The highest BCUT2D eigenvalue weighted by molar-refractivity contribution is 7.89. The van der Waals surface area contributed by atoms with Crippen molar-refractivity contribution in [1.29, 1.82) is 5.26 Å². The van der Waals surface area contributed by atoms with Gasteiger partial charge in [-0.3, -0.25) is 14.4 Å². The summed E-state index contributed by atoms with van der Waals surface area (Å²) in [4.78, 5) is 43.6. The molecule has 2 fully saturated rings. The van der Waals surface area contributed by atoms with Crippen LogP contribution in [0.25, 0.3) is 10.1 Å². The lowest BCUT2D eigenvalue weighted by Crippen LogP contribution is -2.59. The molecule has 1 aromatic heterocycles. The third kappa shape index (κ3) is 5.87. The Morgan fingerprint density at radius 1 is 1.10 bits per heavy atom. The average Bonchev–Trinajstić information content (AvgIpc) is 3.68. The molecule has 2 aliphatic rings. The van der Waals surface area contributed by atoms with Crippen molar-refractivity contribution in [2.45, 2.75) is 50.2 Å². The van der Waals surface area contributed by atoms with Gasteiger partial charge in [-0.05, 0) is 47.6 Å². The SMILES string of the molecule is CC(C)(C)C(NC(=O)c1cc2ccccc2s1)C(=O)N1C[C@@H]2C[C@H]1CN2C(=O)CNS(=O)(=O)c1ccc(C#N)cc1Cl. The molecule has 2 aliphatic heterocycles. The van der Waals surface area contributed by atoms with E-state index in [9.17, 15) is 22.8 Å². The molecule has 1 unspecified atom stereocenters. The summed E-state index contributed by atoms with van der Waals surface area (Å²) in [6.07, 6.45) is 0.576. The molecule has 0 spiro atoms. The maximum absolute atomic E-state index is 13.8. The van der Waals surface area contributed by atoms with Crippen molar-refractivity contribution in [2.75, 3.05) is 19.6 Å². The van der Waals surface area contributed by atoms with Gasteiger partial charge >= 0.3 is 0 Å². The van der Waals surface area contributed by atoms with Crippen molar-refractivity contribution in [3.8, 4) is 6.07 Å². The van der Waals surface area contributed by atoms with E-state index in [0.29, 0.717) is 17.8 Å². The highest BCUT2D eigenvalue weighted by atomic mass is 35.5. The predicted molar refractivity (Wildman–Crippen MR) is 160 cm³/mol. The largest absolute Gasteiger partial charge is 0.339 e. The second kappa shape index (κ2) is 11.3. The van der Waals surface area contributed by atoms with E-state index >= 15 is 0 Å². The van der Waals surface area contributed by atoms with Crippen molar-refractivity contribution < 1.29 is 22.8 Å². The van der Waals surface area contributed by atoms with Crippen LogP contribution in [-0.4, -0.2) is 73.7 Å². The topological polar surface area (TPSA) is 140 Å². The van der Waals surface area contributed by atoms with Crippen LogP contribution in [0.2, 0.25) is 5.02 Å². The van der Waals surface area contributed by atoms with Gasteiger partial charge in [0.05, 0.1) is 40.2 Å². The fourth-order valence-corrected chi connectivity index (χ4v) is 7.96. The minimum Gasteiger partial charge on any atom is -0.339 e. The second-order valence-electron chi connectivity index (χ2n) is 11.6. The Morgan fingerprint density at radius 3 is 2.40 bits per heavy atom. The number of fused-ring (bicyclic) bond motifs is 3. The van der Waals surface area contributed by atoms with Crippen LogP contribution in [0.5, 0.6) is 0 Å². The number of carbonyl (C=O) groups excluding carboxylic acids is 3.